The Hall–Kier alpha value is -1.23. The summed E-state index contributed by atoms with van der Waals surface area (Å²) in [4.78, 5) is 22.9. The van der Waals surface area contributed by atoms with E-state index in [1.807, 2.05) is 0 Å². The van der Waals surface area contributed by atoms with Crippen LogP contribution in [-0.4, -0.2) is 15.0 Å². The summed E-state index contributed by atoms with van der Waals surface area (Å²) < 4.78 is 0. The van der Waals surface area contributed by atoms with E-state index < -0.39 is 0 Å². The monoisotopic (exact) mass is 193 g/mol. The van der Waals surface area contributed by atoms with Gasteiger partial charge in [-0.2, -0.15) is 0 Å². The number of hydrogen-bond donors (Lipinski definition) is 1. The van der Waals surface area contributed by atoms with Gasteiger partial charge in [0.2, 0.25) is 0 Å². The first kappa shape index (κ1) is 7.20. The molecule has 4 nitrogen and oxygen atoms in total. The molecule has 0 amide bonds. The van der Waals surface area contributed by atoms with E-state index in [1.54, 1.807) is 0 Å². The van der Waals surface area contributed by atoms with Crippen LogP contribution in [0.15, 0.2) is 11.1 Å². The maximum Gasteiger partial charge on any atom is 0.278 e. The zero-order valence-corrected chi connectivity index (χ0v) is 7.60. The molecular weight excluding hydrogens is 186 g/mol. The number of aromatic nitrogens is 3. The van der Waals surface area contributed by atoms with Crippen LogP contribution in [0.4, 0.5) is 0 Å². The van der Waals surface area contributed by atoms with E-state index in [-0.39, 0.29) is 5.56 Å². The van der Waals surface area contributed by atoms with Gasteiger partial charge in [0, 0.05) is 5.92 Å². The van der Waals surface area contributed by atoms with E-state index in [9.17, 15) is 4.79 Å². The fraction of sp³-hybridized carbons (Fsp3) is 0.375. The molecule has 3 rings (SSSR count). The first-order valence-corrected chi connectivity index (χ1v) is 5.00. The summed E-state index contributed by atoms with van der Waals surface area (Å²) in [5.74, 6) is 0.596. The molecule has 0 bridgehead atoms. The highest BCUT2D eigenvalue weighted by molar-refractivity contribution is 7.18. The lowest BCUT2D eigenvalue weighted by Crippen LogP contribution is -2.05. The van der Waals surface area contributed by atoms with Gasteiger partial charge < -0.3 is 4.98 Å². The predicted octanol–water partition coefficient (Wildman–Crippen LogP) is 1.26. The third kappa shape index (κ3) is 1.07. The van der Waals surface area contributed by atoms with Gasteiger partial charge in [0.15, 0.2) is 10.3 Å². The average molecular weight is 193 g/mol. The second-order valence-electron chi connectivity index (χ2n) is 3.21. The molecular formula is C8H7N3OS. The smallest absolute Gasteiger partial charge is 0.278 e. The maximum atomic E-state index is 11.3. The Morgan fingerprint density at radius 2 is 2.38 bits per heavy atom. The summed E-state index contributed by atoms with van der Waals surface area (Å²) in [6.07, 6.45) is 3.84. The van der Waals surface area contributed by atoms with Crippen molar-refractivity contribution in [3.05, 3.63) is 21.7 Å². The predicted molar refractivity (Wildman–Crippen MR) is 50.0 cm³/mol. The third-order valence-corrected chi connectivity index (χ3v) is 3.27. The number of nitrogens with zero attached hydrogens (tertiary/aromatic N) is 2. The minimum atomic E-state index is -0.131. The molecule has 0 atom stereocenters. The highest BCUT2D eigenvalue weighted by Crippen LogP contribution is 2.42. The van der Waals surface area contributed by atoms with E-state index in [0.717, 1.165) is 9.84 Å². The minimum absolute atomic E-state index is 0.131. The second-order valence-corrected chi connectivity index (χ2v) is 4.22. The van der Waals surface area contributed by atoms with Crippen LogP contribution in [0.5, 0.6) is 0 Å². The van der Waals surface area contributed by atoms with Crippen LogP contribution in [0, 0.1) is 0 Å². The van der Waals surface area contributed by atoms with E-state index in [1.165, 1.54) is 30.5 Å². The van der Waals surface area contributed by atoms with Crippen LogP contribution < -0.4 is 5.56 Å². The SMILES string of the molecule is O=c1[nH]cnc2sc(C3CC3)nc12. The van der Waals surface area contributed by atoms with Gasteiger partial charge in [0.05, 0.1) is 11.3 Å². The van der Waals surface area contributed by atoms with Crippen molar-refractivity contribution >= 4 is 21.7 Å². The van der Waals surface area contributed by atoms with E-state index >= 15 is 0 Å². The first-order chi connectivity index (χ1) is 6.34. The molecule has 0 saturated heterocycles. The maximum absolute atomic E-state index is 11.3. The Morgan fingerprint density at radius 3 is 3.08 bits per heavy atom. The Kier molecular flexibility index (Phi) is 1.32. The molecule has 0 radical (unpaired) electrons. The quantitative estimate of drug-likeness (QED) is 0.741. The topological polar surface area (TPSA) is 58.6 Å². The lowest BCUT2D eigenvalue weighted by Gasteiger charge is -1.81. The molecule has 0 aliphatic heterocycles. The molecule has 0 aromatic carbocycles. The number of nitrogens with one attached hydrogen (secondary N) is 1. The molecule has 2 heterocycles. The lowest BCUT2D eigenvalue weighted by atomic mass is 10.4. The zero-order valence-electron chi connectivity index (χ0n) is 6.78. The molecule has 0 spiro atoms. The number of hydrogen-bond acceptors (Lipinski definition) is 4. The van der Waals surface area contributed by atoms with Crippen molar-refractivity contribution in [2.24, 2.45) is 0 Å². The molecule has 1 N–H and O–H groups in total. The van der Waals surface area contributed by atoms with Gasteiger partial charge in [-0.15, -0.1) is 0 Å². The minimum Gasteiger partial charge on any atom is -0.311 e. The van der Waals surface area contributed by atoms with Gasteiger partial charge in [-0.05, 0) is 12.8 Å². The van der Waals surface area contributed by atoms with E-state index in [4.69, 9.17) is 0 Å². The summed E-state index contributed by atoms with van der Waals surface area (Å²) in [5.41, 5.74) is 0.363. The van der Waals surface area contributed by atoms with Crippen molar-refractivity contribution in [2.75, 3.05) is 0 Å². The normalized spacial score (nSPS) is 16.6. The van der Waals surface area contributed by atoms with Crippen LogP contribution in [-0.2, 0) is 0 Å². The van der Waals surface area contributed by atoms with Crippen LogP contribution >= 0.6 is 11.3 Å². The van der Waals surface area contributed by atoms with Crippen molar-refractivity contribution in [3.63, 3.8) is 0 Å². The fourth-order valence-electron chi connectivity index (χ4n) is 1.29. The highest BCUT2D eigenvalue weighted by atomic mass is 32.1. The zero-order chi connectivity index (χ0) is 8.84. The molecule has 2 aromatic rings. The van der Waals surface area contributed by atoms with Crippen LogP contribution in [0.3, 0.4) is 0 Å². The highest BCUT2D eigenvalue weighted by Gasteiger charge is 2.27. The van der Waals surface area contributed by atoms with Crippen LogP contribution in [0.25, 0.3) is 10.3 Å². The summed E-state index contributed by atoms with van der Waals surface area (Å²) in [6, 6.07) is 0. The molecule has 5 heteroatoms. The summed E-state index contributed by atoms with van der Waals surface area (Å²) in [7, 11) is 0. The van der Waals surface area contributed by atoms with Gasteiger partial charge in [-0.1, -0.05) is 11.3 Å². The number of aromatic amines is 1. The first-order valence-electron chi connectivity index (χ1n) is 4.19. The Morgan fingerprint density at radius 1 is 1.54 bits per heavy atom. The van der Waals surface area contributed by atoms with Crippen molar-refractivity contribution in [2.45, 2.75) is 18.8 Å². The molecule has 1 aliphatic rings. The van der Waals surface area contributed by atoms with E-state index in [0.29, 0.717) is 11.4 Å². The lowest BCUT2D eigenvalue weighted by molar-refractivity contribution is 1.08. The number of fused-ring (bicyclic) bond motifs is 1. The van der Waals surface area contributed by atoms with Crippen molar-refractivity contribution in [3.8, 4) is 0 Å². The van der Waals surface area contributed by atoms with Crippen LogP contribution in [0.2, 0.25) is 0 Å². The standard InChI is InChI=1S/C8H7N3OS/c12-6-5-8(10-3-9-6)13-7(11-5)4-1-2-4/h3-4H,1-2H2,(H,9,10,12). The van der Waals surface area contributed by atoms with E-state index in [2.05, 4.69) is 15.0 Å². The number of thiazole rings is 1. The van der Waals surface area contributed by atoms with Crippen molar-refractivity contribution in [1.29, 1.82) is 0 Å². The van der Waals surface area contributed by atoms with Gasteiger partial charge in [-0.25, -0.2) is 9.97 Å². The van der Waals surface area contributed by atoms with Gasteiger partial charge in [0.25, 0.3) is 5.56 Å². The van der Waals surface area contributed by atoms with Crippen molar-refractivity contribution in [1.82, 2.24) is 15.0 Å². The molecule has 13 heavy (non-hydrogen) atoms. The molecule has 2 aromatic heterocycles. The Bertz CT molecular complexity index is 511. The summed E-state index contributed by atoms with van der Waals surface area (Å²) in [6.45, 7) is 0. The number of rotatable bonds is 1. The molecule has 66 valence electrons. The Balaban J connectivity index is 2.32. The second kappa shape index (κ2) is 2.38. The summed E-state index contributed by atoms with van der Waals surface area (Å²) >= 11 is 1.54. The van der Waals surface area contributed by atoms with Gasteiger partial charge >= 0.3 is 0 Å². The van der Waals surface area contributed by atoms with Gasteiger partial charge in [0.1, 0.15) is 0 Å². The van der Waals surface area contributed by atoms with Gasteiger partial charge in [-0.3, -0.25) is 4.79 Å². The molecule has 1 aliphatic carbocycles. The summed E-state index contributed by atoms with van der Waals surface area (Å²) in [5, 5.41) is 1.07. The third-order valence-electron chi connectivity index (χ3n) is 2.14. The fourth-order valence-corrected chi connectivity index (χ4v) is 2.36. The van der Waals surface area contributed by atoms with Crippen molar-refractivity contribution < 1.29 is 0 Å². The molecule has 1 saturated carbocycles. The Labute approximate surface area is 77.7 Å². The van der Waals surface area contributed by atoms with Crippen LogP contribution in [0.1, 0.15) is 23.8 Å². The number of H-pyrrole nitrogens is 1. The average Bonchev–Trinajstić information content (AvgIpc) is 2.87. The largest absolute Gasteiger partial charge is 0.311 e. The molecule has 1 fully saturated rings. The molecule has 0 unspecified atom stereocenters.